The number of H-pyrrole nitrogens is 1. The number of nitrogen functional groups attached to an aromatic ring is 1. The molecule has 0 bridgehead atoms. The number of carbonyl (C=O) groups is 2. The third-order valence-corrected chi connectivity index (χ3v) is 5.14. The highest BCUT2D eigenvalue weighted by molar-refractivity contribution is 6.21. The second-order valence-corrected chi connectivity index (χ2v) is 6.61. The minimum absolute atomic E-state index is 0.216. The van der Waals surface area contributed by atoms with Gasteiger partial charge in [0, 0.05) is 18.4 Å². The molecular formula is C21H19N3O3. The number of rotatable bonds is 4. The fourth-order valence-electron chi connectivity index (χ4n) is 3.81. The number of hydrogen-bond acceptors (Lipinski definition) is 4. The van der Waals surface area contributed by atoms with E-state index in [0.717, 1.165) is 16.5 Å². The Morgan fingerprint density at radius 3 is 2.33 bits per heavy atom. The highest BCUT2D eigenvalue weighted by atomic mass is 16.2. The smallest absolute Gasteiger partial charge is 0.261 e. The maximum absolute atomic E-state index is 12.5. The Bertz CT molecular complexity index is 1110. The number of aromatic amines is 1. The molecule has 2 amide bonds. The minimum Gasteiger partial charge on any atom is -0.398 e. The van der Waals surface area contributed by atoms with Crippen LogP contribution in [0.3, 0.4) is 0 Å². The molecule has 0 saturated heterocycles. The zero-order valence-electron chi connectivity index (χ0n) is 14.9. The number of benzene rings is 2. The number of aromatic nitrogens is 1. The van der Waals surface area contributed by atoms with Crippen molar-refractivity contribution in [3.05, 3.63) is 75.2 Å². The van der Waals surface area contributed by atoms with E-state index < -0.39 is 0 Å². The number of carbonyl (C=O) groups excluding carboxylic acids is 2. The monoisotopic (exact) mass is 361 g/mol. The van der Waals surface area contributed by atoms with Gasteiger partial charge in [-0.2, -0.15) is 0 Å². The molecule has 136 valence electrons. The van der Waals surface area contributed by atoms with Crippen LogP contribution in [0.4, 0.5) is 5.69 Å². The van der Waals surface area contributed by atoms with E-state index in [2.05, 4.69) is 4.98 Å². The van der Waals surface area contributed by atoms with Gasteiger partial charge in [-0.25, -0.2) is 0 Å². The maximum atomic E-state index is 12.5. The third kappa shape index (κ3) is 2.61. The van der Waals surface area contributed by atoms with E-state index in [-0.39, 0.29) is 23.9 Å². The number of anilines is 1. The van der Waals surface area contributed by atoms with Crippen molar-refractivity contribution < 1.29 is 9.59 Å². The molecule has 2 heterocycles. The number of fused-ring (bicyclic) bond motifs is 2. The molecule has 4 rings (SSSR count). The molecule has 0 aliphatic carbocycles. The Morgan fingerprint density at radius 2 is 1.70 bits per heavy atom. The largest absolute Gasteiger partial charge is 0.398 e. The first-order chi connectivity index (χ1) is 13.0. The fourth-order valence-corrected chi connectivity index (χ4v) is 3.81. The molecule has 0 atom stereocenters. The van der Waals surface area contributed by atoms with Crippen LogP contribution in [0.2, 0.25) is 0 Å². The molecule has 0 radical (unpaired) electrons. The van der Waals surface area contributed by atoms with Gasteiger partial charge in [0.25, 0.3) is 17.4 Å². The molecule has 1 aromatic heterocycles. The molecule has 0 spiro atoms. The second kappa shape index (κ2) is 6.39. The molecule has 3 N–H and O–H groups in total. The SMILES string of the molecule is CCc1c(CCN2C(=O)c3ccccc3C2=O)cc2cc[nH]c(=O)c2c1N. The van der Waals surface area contributed by atoms with Crippen molar-refractivity contribution in [1.29, 1.82) is 0 Å². The van der Waals surface area contributed by atoms with Crippen LogP contribution in [0.1, 0.15) is 38.8 Å². The van der Waals surface area contributed by atoms with Crippen molar-refractivity contribution in [2.24, 2.45) is 0 Å². The average Bonchev–Trinajstić information content (AvgIpc) is 2.91. The minimum atomic E-state index is -0.265. The normalized spacial score (nSPS) is 13.4. The fraction of sp³-hybridized carbons (Fsp3) is 0.190. The van der Waals surface area contributed by atoms with Crippen LogP contribution in [-0.4, -0.2) is 28.2 Å². The predicted molar refractivity (Wildman–Crippen MR) is 104 cm³/mol. The highest BCUT2D eigenvalue weighted by Gasteiger charge is 2.34. The molecule has 0 saturated carbocycles. The number of nitrogens with zero attached hydrogens (tertiary/aromatic N) is 1. The molecule has 3 aromatic rings. The molecule has 27 heavy (non-hydrogen) atoms. The summed E-state index contributed by atoms with van der Waals surface area (Å²) in [5.74, 6) is -0.530. The molecule has 0 fully saturated rings. The quantitative estimate of drug-likeness (QED) is 0.551. The Kier molecular flexibility index (Phi) is 4.03. The topological polar surface area (TPSA) is 96.3 Å². The summed E-state index contributed by atoms with van der Waals surface area (Å²) in [4.78, 5) is 41.1. The van der Waals surface area contributed by atoms with Gasteiger partial charge in [0.1, 0.15) is 0 Å². The Hall–Kier alpha value is -3.41. The van der Waals surface area contributed by atoms with Crippen LogP contribution in [0.25, 0.3) is 10.8 Å². The van der Waals surface area contributed by atoms with Crippen molar-refractivity contribution in [2.75, 3.05) is 12.3 Å². The summed E-state index contributed by atoms with van der Waals surface area (Å²) < 4.78 is 0. The van der Waals surface area contributed by atoms with E-state index in [1.807, 2.05) is 13.0 Å². The van der Waals surface area contributed by atoms with Crippen LogP contribution < -0.4 is 11.3 Å². The first kappa shape index (κ1) is 17.0. The lowest BCUT2D eigenvalue weighted by Gasteiger charge is -2.17. The van der Waals surface area contributed by atoms with E-state index in [1.165, 1.54) is 4.90 Å². The second-order valence-electron chi connectivity index (χ2n) is 6.61. The first-order valence-electron chi connectivity index (χ1n) is 8.89. The summed E-state index contributed by atoms with van der Waals surface area (Å²) in [6.07, 6.45) is 2.73. The Morgan fingerprint density at radius 1 is 1.04 bits per heavy atom. The summed E-state index contributed by atoms with van der Waals surface area (Å²) in [5, 5.41) is 1.24. The van der Waals surface area contributed by atoms with Gasteiger partial charge in [-0.15, -0.1) is 0 Å². The van der Waals surface area contributed by atoms with Gasteiger partial charge >= 0.3 is 0 Å². The molecule has 6 heteroatoms. The van der Waals surface area contributed by atoms with E-state index >= 15 is 0 Å². The van der Waals surface area contributed by atoms with E-state index in [1.54, 1.807) is 36.5 Å². The molecule has 1 aliphatic heterocycles. The lowest BCUT2D eigenvalue weighted by molar-refractivity contribution is 0.0656. The zero-order chi connectivity index (χ0) is 19.1. The van der Waals surface area contributed by atoms with Gasteiger partial charge in [0.2, 0.25) is 0 Å². The van der Waals surface area contributed by atoms with Gasteiger partial charge in [-0.1, -0.05) is 25.1 Å². The number of nitrogens with two attached hydrogens (primary N) is 1. The molecular weight excluding hydrogens is 342 g/mol. The van der Waals surface area contributed by atoms with Gasteiger partial charge in [-0.3, -0.25) is 19.3 Å². The van der Waals surface area contributed by atoms with Crippen molar-refractivity contribution in [3.8, 4) is 0 Å². The van der Waals surface area contributed by atoms with Crippen molar-refractivity contribution in [2.45, 2.75) is 19.8 Å². The number of pyridine rings is 1. The summed E-state index contributed by atoms with van der Waals surface area (Å²) in [6.45, 7) is 2.24. The number of imide groups is 1. The van der Waals surface area contributed by atoms with Crippen LogP contribution in [0.5, 0.6) is 0 Å². The molecule has 6 nitrogen and oxygen atoms in total. The van der Waals surface area contributed by atoms with E-state index in [4.69, 9.17) is 5.73 Å². The summed E-state index contributed by atoms with van der Waals surface area (Å²) in [6, 6.07) is 10.6. The summed E-state index contributed by atoms with van der Waals surface area (Å²) in [7, 11) is 0. The lowest BCUT2D eigenvalue weighted by Crippen LogP contribution is -2.32. The Balaban J connectivity index is 1.68. The van der Waals surface area contributed by atoms with Gasteiger partial charge in [0.05, 0.1) is 16.5 Å². The standard InChI is InChI=1S/C21H19N3O3/c1-2-14-12(11-13-7-9-23-19(25)17(13)18(14)22)8-10-24-20(26)15-5-3-4-6-16(15)21(24)27/h3-7,9,11H,2,8,10,22H2,1H3,(H,23,25). The molecule has 1 aliphatic rings. The van der Waals surface area contributed by atoms with Gasteiger partial charge in [0.15, 0.2) is 0 Å². The number of nitrogens with one attached hydrogen (secondary N) is 1. The van der Waals surface area contributed by atoms with Gasteiger partial charge < -0.3 is 10.7 Å². The number of amides is 2. The summed E-state index contributed by atoms with van der Waals surface area (Å²) in [5.41, 5.74) is 9.25. The van der Waals surface area contributed by atoms with Crippen LogP contribution >= 0.6 is 0 Å². The molecule has 2 aromatic carbocycles. The first-order valence-corrected chi connectivity index (χ1v) is 8.89. The van der Waals surface area contributed by atoms with Crippen molar-refractivity contribution in [3.63, 3.8) is 0 Å². The zero-order valence-corrected chi connectivity index (χ0v) is 14.9. The van der Waals surface area contributed by atoms with Crippen molar-refractivity contribution in [1.82, 2.24) is 9.88 Å². The third-order valence-electron chi connectivity index (χ3n) is 5.14. The van der Waals surface area contributed by atoms with E-state index in [0.29, 0.717) is 35.0 Å². The molecule has 0 unspecified atom stereocenters. The average molecular weight is 361 g/mol. The maximum Gasteiger partial charge on any atom is 0.261 e. The lowest BCUT2D eigenvalue weighted by atomic mass is 9.95. The Labute approximate surface area is 155 Å². The number of hydrogen-bond donors (Lipinski definition) is 2. The van der Waals surface area contributed by atoms with Crippen LogP contribution in [0.15, 0.2) is 47.4 Å². The van der Waals surface area contributed by atoms with Crippen molar-refractivity contribution >= 4 is 28.3 Å². The highest BCUT2D eigenvalue weighted by Crippen LogP contribution is 2.28. The van der Waals surface area contributed by atoms with Crippen LogP contribution in [0, 0.1) is 0 Å². The predicted octanol–water partition coefficient (Wildman–Crippen LogP) is 2.51. The summed E-state index contributed by atoms with van der Waals surface area (Å²) >= 11 is 0. The van der Waals surface area contributed by atoms with Crippen LogP contribution in [-0.2, 0) is 12.8 Å². The van der Waals surface area contributed by atoms with Gasteiger partial charge in [-0.05, 0) is 47.6 Å². The van der Waals surface area contributed by atoms with E-state index in [9.17, 15) is 14.4 Å².